The van der Waals surface area contributed by atoms with Gasteiger partial charge in [-0.1, -0.05) is 64.2 Å². The number of nitrogens with one attached hydrogen (secondary N) is 3. The standard InChI is InChI=1S/C31H47N5O3/c1-19-17-24(18-32-27(19)25-20(2)35-36-21(25)3)33-29(37)28(34-30(38)39-31(4,5)6)26(22-13-9-7-10-14-22)23-15-11-8-12-16-23/h17-18,22-23,26,28H,7-16H2,1-6H3,(H,33,37)(H,34,38)(H,35,36)/t28-/m0/s1. The van der Waals surface area contributed by atoms with Crippen molar-refractivity contribution in [3.63, 3.8) is 0 Å². The van der Waals surface area contributed by atoms with Crippen LogP contribution >= 0.6 is 0 Å². The molecule has 0 spiro atoms. The molecule has 2 amide bonds. The molecule has 1 atom stereocenters. The van der Waals surface area contributed by atoms with Gasteiger partial charge in [-0.05, 0) is 70.9 Å². The first kappa shape index (κ1) is 29.1. The number of hydrogen-bond donors (Lipinski definition) is 3. The van der Waals surface area contributed by atoms with E-state index in [-0.39, 0.29) is 11.8 Å². The van der Waals surface area contributed by atoms with Crippen molar-refractivity contribution in [3.05, 3.63) is 29.2 Å². The molecule has 3 N–H and O–H groups in total. The van der Waals surface area contributed by atoms with Crippen molar-refractivity contribution in [2.24, 2.45) is 17.8 Å². The van der Waals surface area contributed by atoms with E-state index in [9.17, 15) is 9.59 Å². The molecule has 8 heteroatoms. The number of aromatic nitrogens is 3. The molecular weight excluding hydrogens is 490 g/mol. The van der Waals surface area contributed by atoms with E-state index < -0.39 is 17.7 Å². The summed E-state index contributed by atoms with van der Waals surface area (Å²) in [7, 11) is 0. The van der Waals surface area contributed by atoms with Gasteiger partial charge in [0.2, 0.25) is 5.91 Å². The average Bonchev–Trinajstić information content (AvgIpc) is 3.21. The number of hydrogen-bond acceptors (Lipinski definition) is 5. The van der Waals surface area contributed by atoms with Gasteiger partial charge in [0.15, 0.2) is 0 Å². The van der Waals surface area contributed by atoms with Crippen molar-refractivity contribution < 1.29 is 14.3 Å². The average molecular weight is 538 g/mol. The molecule has 2 heterocycles. The van der Waals surface area contributed by atoms with Gasteiger partial charge in [-0.25, -0.2) is 4.79 Å². The van der Waals surface area contributed by atoms with Crippen molar-refractivity contribution in [1.29, 1.82) is 0 Å². The number of carbonyl (C=O) groups excluding carboxylic acids is 2. The third-order valence-corrected chi connectivity index (χ3v) is 8.44. The van der Waals surface area contributed by atoms with Crippen LogP contribution in [-0.4, -0.2) is 38.8 Å². The number of pyridine rings is 1. The lowest BCUT2D eigenvalue weighted by Crippen LogP contribution is -2.54. The molecule has 2 aromatic heterocycles. The molecule has 8 nitrogen and oxygen atoms in total. The Morgan fingerprint density at radius 3 is 2.05 bits per heavy atom. The molecule has 0 bridgehead atoms. The lowest BCUT2D eigenvalue weighted by atomic mass is 9.66. The van der Waals surface area contributed by atoms with Crippen LogP contribution < -0.4 is 10.6 Å². The monoisotopic (exact) mass is 537 g/mol. The predicted octanol–water partition coefficient (Wildman–Crippen LogP) is 7.01. The van der Waals surface area contributed by atoms with Crippen LogP contribution in [-0.2, 0) is 9.53 Å². The van der Waals surface area contributed by atoms with Gasteiger partial charge in [0.25, 0.3) is 0 Å². The SMILES string of the molecule is Cc1cc(NC(=O)[C@@H](NC(=O)OC(C)(C)C)C(C2CCCCC2)C2CCCCC2)cnc1-c1c(C)n[nH]c1C. The quantitative estimate of drug-likeness (QED) is 0.352. The van der Waals surface area contributed by atoms with Crippen LogP contribution in [0, 0.1) is 38.5 Å². The molecule has 4 rings (SSSR count). The second-order valence-electron chi connectivity index (χ2n) is 12.7. The third-order valence-electron chi connectivity index (χ3n) is 8.44. The van der Waals surface area contributed by atoms with Gasteiger partial charge in [-0.3, -0.25) is 14.9 Å². The van der Waals surface area contributed by atoms with E-state index in [0.29, 0.717) is 17.5 Å². The maximum Gasteiger partial charge on any atom is 0.408 e. The summed E-state index contributed by atoms with van der Waals surface area (Å²) >= 11 is 0. The number of rotatable bonds is 7. The van der Waals surface area contributed by atoms with E-state index >= 15 is 0 Å². The number of ether oxygens (including phenoxy) is 1. The van der Waals surface area contributed by atoms with E-state index in [4.69, 9.17) is 9.72 Å². The van der Waals surface area contributed by atoms with Crippen molar-refractivity contribution in [2.45, 2.75) is 117 Å². The highest BCUT2D eigenvalue weighted by molar-refractivity contribution is 5.97. The van der Waals surface area contributed by atoms with Crippen molar-refractivity contribution in [2.75, 3.05) is 5.32 Å². The molecular formula is C31H47N5O3. The number of amides is 2. The summed E-state index contributed by atoms with van der Waals surface area (Å²) in [6.07, 6.45) is 12.9. The van der Waals surface area contributed by atoms with Crippen molar-refractivity contribution in [3.8, 4) is 11.3 Å². The molecule has 0 unspecified atom stereocenters. The second-order valence-corrected chi connectivity index (χ2v) is 12.7. The molecule has 2 aliphatic carbocycles. The smallest absolute Gasteiger partial charge is 0.408 e. The number of carbonyl (C=O) groups is 2. The largest absolute Gasteiger partial charge is 0.444 e. The number of alkyl carbamates (subject to hydrolysis) is 1. The van der Waals surface area contributed by atoms with Crippen LogP contribution in [0.1, 0.15) is 102 Å². The van der Waals surface area contributed by atoms with Gasteiger partial charge >= 0.3 is 6.09 Å². The maximum atomic E-state index is 14.0. The Morgan fingerprint density at radius 1 is 0.974 bits per heavy atom. The Morgan fingerprint density at radius 2 is 1.56 bits per heavy atom. The topological polar surface area (TPSA) is 109 Å². The summed E-state index contributed by atoms with van der Waals surface area (Å²) in [5.74, 6) is 0.734. The van der Waals surface area contributed by atoms with Crippen LogP contribution in [0.2, 0.25) is 0 Å². The molecule has 2 aromatic rings. The van der Waals surface area contributed by atoms with E-state index in [1.165, 1.54) is 38.5 Å². The summed E-state index contributed by atoms with van der Waals surface area (Å²) in [6, 6.07) is 1.29. The van der Waals surface area contributed by atoms with Crippen LogP contribution in [0.25, 0.3) is 11.3 Å². The van der Waals surface area contributed by atoms with Gasteiger partial charge in [0.05, 0.1) is 23.3 Å². The molecule has 39 heavy (non-hydrogen) atoms. The second kappa shape index (κ2) is 12.5. The lowest BCUT2D eigenvalue weighted by Gasteiger charge is -2.42. The zero-order chi connectivity index (χ0) is 28.2. The first-order valence-corrected chi connectivity index (χ1v) is 14.8. The van der Waals surface area contributed by atoms with Crippen LogP contribution in [0.15, 0.2) is 12.3 Å². The number of aromatic amines is 1. The fourth-order valence-corrected chi connectivity index (χ4v) is 6.76. The molecule has 2 aliphatic rings. The molecule has 2 fully saturated rings. The van der Waals surface area contributed by atoms with Gasteiger partial charge in [-0.15, -0.1) is 0 Å². The Kier molecular flexibility index (Phi) is 9.34. The highest BCUT2D eigenvalue weighted by atomic mass is 16.6. The van der Waals surface area contributed by atoms with Crippen LogP contribution in [0.3, 0.4) is 0 Å². The minimum Gasteiger partial charge on any atom is -0.444 e. The minimum absolute atomic E-state index is 0.0858. The normalized spacial score (nSPS) is 18.1. The third kappa shape index (κ3) is 7.40. The Labute approximate surface area is 233 Å². The lowest BCUT2D eigenvalue weighted by molar-refractivity contribution is -0.121. The first-order valence-electron chi connectivity index (χ1n) is 14.8. The number of anilines is 1. The van der Waals surface area contributed by atoms with E-state index in [2.05, 4.69) is 20.8 Å². The zero-order valence-corrected chi connectivity index (χ0v) is 24.7. The zero-order valence-electron chi connectivity index (χ0n) is 24.7. The fourth-order valence-electron chi connectivity index (χ4n) is 6.76. The molecule has 0 aliphatic heterocycles. The van der Waals surface area contributed by atoms with Gasteiger partial charge in [-0.2, -0.15) is 5.10 Å². The highest BCUT2D eigenvalue weighted by Crippen LogP contribution is 2.42. The summed E-state index contributed by atoms with van der Waals surface area (Å²) in [5.41, 5.74) is 4.63. The Bertz CT molecular complexity index is 1100. The number of H-pyrrole nitrogens is 1. The van der Waals surface area contributed by atoms with Gasteiger partial charge < -0.3 is 15.4 Å². The maximum absolute atomic E-state index is 14.0. The fraction of sp³-hybridized carbons (Fsp3) is 0.677. The highest BCUT2D eigenvalue weighted by Gasteiger charge is 2.41. The van der Waals surface area contributed by atoms with Gasteiger partial charge in [0, 0.05) is 11.3 Å². The molecule has 2 saturated carbocycles. The van der Waals surface area contributed by atoms with E-state index in [1.807, 2.05) is 47.6 Å². The van der Waals surface area contributed by atoms with Crippen molar-refractivity contribution >= 4 is 17.7 Å². The van der Waals surface area contributed by atoms with Crippen LogP contribution in [0.4, 0.5) is 10.5 Å². The van der Waals surface area contributed by atoms with E-state index in [0.717, 1.165) is 53.9 Å². The van der Waals surface area contributed by atoms with Crippen molar-refractivity contribution in [1.82, 2.24) is 20.5 Å². The first-order chi connectivity index (χ1) is 18.5. The van der Waals surface area contributed by atoms with Gasteiger partial charge in [0.1, 0.15) is 11.6 Å². The number of nitrogens with zero attached hydrogens (tertiary/aromatic N) is 2. The number of aryl methyl sites for hydroxylation is 3. The predicted molar refractivity (Wildman–Crippen MR) is 154 cm³/mol. The summed E-state index contributed by atoms with van der Waals surface area (Å²) < 4.78 is 5.64. The Balaban J connectivity index is 1.62. The minimum atomic E-state index is -0.663. The summed E-state index contributed by atoms with van der Waals surface area (Å²) in [6.45, 7) is 11.5. The summed E-state index contributed by atoms with van der Waals surface area (Å²) in [5, 5.41) is 13.5. The molecule has 0 saturated heterocycles. The molecule has 214 valence electrons. The Hall–Kier alpha value is -2.90. The van der Waals surface area contributed by atoms with Crippen LogP contribution in [0.5, 0.6) is 0 Å². The molecule has 0 aromatic carbocycles. The summed E-state index contributed by atoms with van der Waals surface area (Å²) in [4.78, 5) is 31.8. The molecule has 0 radical (unpaired) electrons. The van der Waals surface area contributed by atoms with E-state index in [1.54, 1.807) is 6.20 Å².